The predicted molar refractivity (Wildman–Crippen MR) is 105 cm³/mol. The summed E-state index contributed by atoms with van der Waals surface area (Å²) in [5.74, 6) is -0.0146. The minimum absolute atomic E-state index is 0.111. The van der Waals surface area contributed by atoms with Crippen molar-refractivity contribution in [3.63, 3.8) is 0 Å². The lowest BCUT2D eigenvalue weighted by atomic mass is 10.1. The van der Waals surface area contributed by atoms with Gasteiger partial charge in [-0.15, -0.1) is 0 Å². The van der Waals surface area contributed by atoms with Crippen molar-refractivity contribution in [1.82, 2.24) is 20.2 Å². The third kappa shape index (κ3) is 4.55. The van der Waals surface area contributed by atoms with Gasteiger partial charge < -0.3 is 15.0 Å². The van der Waals surface area contributed by atoms with Crippen LogP contribution in [0.15, 0.2) is 24.5 Å². The lowest BCUT2D eigenvalue weighted by Crippen LogP contribution is -2.28. The third-order valence-corrected chi connectivity index (χ3v) is 5.01. The Bertz CT molecular complexity index is 952. The van der Waals surface area contributed by atoms with E-state index in [0.29, 0.717) is 35.6 Å². The highest BCUT2D eigenvalue weighted by molar-refractivity contribution is 5.99. The molecule has 160 valence electrons. The number of rotatable bonds is 8. The molecule has 0 radical (unpaired) electrons. The Morgan fingerprint density at radius 1 is 1.37 bits per heavy atom. The first-order valence-electron chi connectivity index (χ1n) is 9.73. The number of nitrogens with one attached hydrogen (secondary N) is 1. The van der Waals surface area contributed by atoms with Gasteiger partial charge in [-0.1, -0.05) is 0 Å². The molecule has 1 aliphatic rings. The van der Waals surface area contributed by atoms with Crippen molar-refractivity contribution in [3.05, 3.63) is 52.6 Å². The molecule has 2 aromatic rings. The van der Waals surface area contributed by atoms with Crippen molar-refractivity contribution in [3.8, 4) is 5.75 Å². The predicted octanol–water partition coefficient (Wildman–Crippen LogP) is 2.82. The van der Waals surface area contributed by atoms with Gasteiger partial charge in [0.25, 0.3) is 12.3 Å². The van der Waals surface area contributed by atoms with E-state index in [9.17, 15) is 18.4 Å². The molecule has 30 heavy (non-hydrogen) atoms. The van der Waals surface area contributed by atoms with Crippen molar-refractivity contribution in [1.29, 1.82) is 0 Å². The third-order valence-electron chi connectivity index (χ3n) is 5.01. The summed E-state index contributed by atoms with van der Waals surface area (Å²) in [6.07, 6.45) is 0.488. The Labute approximate surface area is 173 Å². The molecule has 2 aromatic heterocycles. The first-order valence-corrected chi connectivity index (χ1v) is 9.73. The summed E-state index contributed by atoms with van der Waals surface area (Å²) in [6.45, 7) is 5.58. The molecule has 1 N–H and O–H groups in total. The molecule has 1 unspecified atom stereocenters. The van der Waals surface area contributed by atoms with Crippen LogP contribution in [0.25, 0.3) is 0 Å². The zero-order valence-electron chi connectivity index (χ0n) is 17.1. The maximum atomic E-state index is 13.0. The topological polar surface area (TPSA) is 84.4 Å². The summed E-state index contributed by atoms with van der Waals surface area (Å²) in [7, 11) is 0. The second-order valence-electron chi connectivity index (χ2n) is 7.10. The second kappa shape index (κ2) is 9.15. The lowest BCUT2D eigenvalue weighted by molar-refractivity contribution is -0.120. The number of hydrogen-bond donors (Lipinski definition) is 1. The van der Waals surface area contributed by atoms with Crippen LogP contribution >= 0.6 is 0 Å². The number of carbonyl (C=O) groups is 2. The van der Waals surface area contributed by atoms with E-state index in [1.165, 1.54) is 12.4 Å². The largest absolute Gasteiger partial charge is 0.486 e. The number of aryl methyl sites for hydroxylation is 1. The van der Waals surface area contributed by atoms with E-state index in [2.05, 4.69) is 15.3 Å². The Morgan fingerprint density at radius 2 is 2.13 bits per heavy atom. The van der Waals surface area contributed by atoms with Gasteiger partial charge in [0, 0.05) is 30.4 Å². The van der Waals surface area contributed by atoms with Crippen LogP contribution < -0.4 is 10.1 Å². The van der Waals surface area contributed by atoms with Crippen LogP contribution in [0, 0.1) is 6.92 Å². The van der Waals surface area contributed by atoms with Gasteiger partial charge in [-0.05, 0) is 38.5 Å². The molecule has 9 heteroatoms. The first kappa shape index (κ1) is 21.6. The Morgan fingerprint density at radius 3 is 2.80 bits per heavy atom. The monoisotopic (exact) mass is 418 g/mol. The molecular weight excluding hydrogens is 394 g/mol. The Balaban J connectivity index is 1.79. The number of nitrogens with zero attached hydrogens (tertiary/aromatic N) is 3. The zero-order valence-corrected chi connectivity index (χ0v) is 17.1. The van der Waals surface area contributed by atoms with Crippen molar-refractivity contribution < 1.29 is 23.1 Å². The quantitative estimate of drug-likeness (QED) is 0.713. The minimum Gasteiger partial charge on any atom is -0.486 e. The Kier molecular flexibility index (Phi) is 6.59. The van der Waals surface area contributed by atoms with E-state index in [4.69, 9.17) is 4.74 Å². The summed E-state index contributed by atoms with van der Waals surface area (Å²) in [6, 6.07) is 3.03. The van der Waals surface area contributed by atoms with E-state index >= 15 is 0 Å². The molecule has 1 atom stereocenters. The molecule has 0 bridgehead atoms. The minimum atomic E-state index is -2.56. The van der Waals surface area contributed by atoms with E-state index in [1.54, 1.807) is 24.0 Å². The molecule has 0 aliphatic carbocycles. The molecule has 0 spiro atoms. The fourth-order valence-corrected chi connectivity index (χ4v) is 3.44. The van der Waals surface area contributed by atoms with E-state index in [-0.39, 0.29) is 30.0 Å². The number of fused-ring (bicyclic) bond motifs is 1. The number of hydrogen-bond acceptors (Lipinski definition) is 5. The SMILES string of the molecule is CCNC(=O)Cc1nccc2c1CN(C(C)c1cc(C)c(OCC(F)F)cn1)C2=O. The van der Waals surface area contributed by atoms with E-state index in [1.807, 2.05) is 13.8 Å². The highest BCUT2D eigenvalue weighted by Crippen LogP contribution is 2.33. The fourth-order valence-electron chi connectivity index (χ4n) is 3.44. The van der Waals surface area contributed by atoms with Crippen molar-refractivity contribution in [2.75, 3.05) is 13.2 Å². The number of halogens is 2. The van der Waals surface area contributed by atoms with Crippen LogP contribution in [0.1, 0.15) is 52.8 Å². The van der Waals surface area contributed by atoms with Crippen molar-refractivity contribution >= 4 is 11.8 Å². The molecule has 3 heterocycles. The van der Waals surface area contributed by atoms with E-state index in [0.717, 1.165) is 5.56 Å². The molecule has 0 aromatic carbocycles. The van der Waals surface area contributed by atoms with Crippen LogP contribution in [0.4, 0.5) is 8.78 Å². The van der Waals surface area contributed by atoms with Crippen LogP contribution in [-0.2, 0) is 17.8 Å². The summed E-state index contributed by atoms with van der Waals surface area (Å²) in [5.41, 5.74) is 3.15. The van der Waals surface area contributed by atoms with Gasteiger partial charge >= 0.3 is 0 Å². The summed E-state index contributed by atoms with van der Waals surface area (Å²) in [4.78, 5) is 35.2. The number of pyridine rings is 2. The van der Waals surface area contributed by atoms with Gasteiger partial charge in [-0.2, -0.15) is 0 Å². The van der Waals surface area contributed by atoms with Gasteiger partial charge in [0.1, 0.15) is 12.4 Å². The highest BCUT2D eigenvalue weighted by atomic mass is 19.3. The molecule has 1 aliphatic heterocycles. The number of alkyl halides is 2. The summed E-state index contributed by atoms with van der Waals surface area (Å²) in [5, 5.41) is 2.74. The van der Waals surface area contributed by atoms with Crippen LogP contribution in [0.2, 0.25) is 0 Å². The average Bonchev–Trinajstić information content (AvgIpc) is 3.04. The highest BCUT2D eigenvalue weighted by Gasteiger charge is 2.34. The number of aromatic nitrogens is 2. The first-order chi connectivity index (χ1) is 14.3. The molecule has 3 rings (SSSR count). The van der Waals surface area contributed by atoms with Gasteiger partial charge in [0.15, 0.2) is 0 Å². The summed E-state index contributed by atoms with van der Waals surface area (Å²) >= 11 is 0. The maximum Gasteiger partial charge on any atom is 0.272 e. The second-order valence-corrected chi connectivity index (χ2v) is 7.10. The number of likely N-dealkylation sites (N-methyl/N-ethyl adjacent to an activating group) is 1. The van der Waals surface area contributed by atoms with Gasteiger partial charge in [0.05, 0.1) is 30.0 Å². The van der Waals surface area contributed by atoms with Gasteiger partial charge in [-0.3, -0.25) is 19.6 Å². The maximum absolute atomic E-state index is 13.0. The molecule has 7 nitrogen and oxygen atoms in total. The zero-order chi connectivity index (χ0) is 21.8. The normalized spacial score (nSPS) is 14.1. The summed E-state index contributed by atoms with van der Waals surface area (Å²) < 4.78 is 29.8. The van der Waals surface area contributed by atoms with Crippen LogP contribution in [0.3, 0.4) is 0 Å². The number of amides is 2. The number of carbonyl (C=O) groups excluding carboxylic acids is 2. The van der Waals surface area contributed by atoms with Crippen molar-refractivity contribution in [2.45, 2.75) is 46.2 Å². The average molecular weight is 418 g/mol. The Hall–Kier alpha value is -3.10. The molecule has 0 saturated heterocycles. The van der Waals surface area contributed by atoms with E-state index < -0.39 is 13.0 Å². The van der Waals surface area contributed by atoms with Crippen molar-refractivity contribution in [2.24, 2.45) is 0 Å². The van der Waals surface area contributed by atoms with Gasteiger partial charge in [-0.25, -0.2) is 8.78 Å². The number of ether oxygens (including phenoxy) is 1. The van der Waals surface area contributed by atoms with Crippen LogP contribution in [0.5, 0.6) is 5.75 Å². The standard InChI is InChI=1S/C21H24F2N4O3/c1-4-24-20(28)8-17-15-10-27(21(29)14(15)5-6-25-17)13(3)16-7-12(2)18(9-26-16)30-11-19(22)23/h5-7,9,13,19H,4,8,10-11H2,1-3H3,(H,24,28). The van der Waals surface area contributed by atoms with Crippen LogP contribution in [-0.4, -0.2) is 46.3 Å². The lowest BCUT2D eigenvalue weighted by Gasteiger charge is -2.24. The fraction of sp³-hybridized carbons (Fsp3) is 0.429. The molecule has 0 fully saturated rings. The molecule has 2 amide bonds. The van der Waals surface area contributed by atoms with Gasteiger partial charge in [0.2, 0.25) is 5.91 Å². The smallest absolute Gasteiger partial charge is 0.272 e. The molecular formula is C21H24F2N4O3. The molecule has 0 saturated carbocycles.